The summed E-state index contributed by atoms with van der Waals surface area (Å²) in [5.41, 5.74) is 1.25. The number of carbonyl (C=O) groups excluding carboxylic acids is 1. The number of amides is 1. The normalized spacial score (nSPS) is 20.3. The fourth-order valence-corrected chi connectivity index (χ4v) is 5.53. The first-order valence-electron chi connectivity index (χ1n) is 10.0. The Morgan fingerprint density at radius 3 is 3.04 bits per heavy atom. The van der Waals surface area contributed by atoms with E-state index >= 15 is 0 Å². The monoisotopic (exact) mass is 388 g/mol. The molecule has 2 aliphatic rings. The molecule has 2 N–H and O–H groups in total. The molecule has 6 nitrogen and oxygen atoms in total. The molecule has 1 unspecified atom stereocenters. The molecule has 1 atom stereocenters. The average molecular weight is 389 g/mol. The number of aromatic amines is 1. The third-order valence-electron chi connectivity index (χ3n) is 5.69. The predicted octanol–water partition coefficient (Wildman–Crippen LogP) is 2.46. The van der Waals surface area contributed by atoms with Gasteiger partial charge in [0.2, 0.25) is 5.91 Å². The van der Waals surface area contributed by atoms with Gasteiger partial charge in [0.15, 0.2) is 0 Å². The maximum Gasteiger partial charge on any atom is 0.259 e. The van der Waals surface area contributed by atoms with Crippen LogP contribution in [-0.2, 0) is 24.2 Å². The van der Waals surface area contributed by atoms with E-state index in [2.05, 4.69) is 15.2 Å². The molecule has 1 fully saturated rings. The van der Waals surface area contributed by atoms with Gasteiger partial charge in [-0.1, -0.05) is 13.8 Å². The van der Waals surface area contributed by atoms with Crippen molar-refractivity contribution in [3.8, 4) is 0 Å². The summed E-state index contributed by atoms with van der Waals surface area (Å²) in [5, 5.41) is 3.88. The molecule has 146 valence electrons. The summed E-state index contributed by atoms with van der Waals surface area (Å²) in [6, 6.07) is 0. The lowest BCUT2D eigenvalue weighted by molar-refractivity contribution is -0.124. The van der Waals surface area contributed by atoms with E-state index in [0.717, 1.165) is 67.8 Å². The Labute approximate surface area is 163 Å². The molecule has 0 saturated carbocycles. The van der Waals surface area contributed by atoms with Gasteiger partial charge < -0.3 is 10.3 Å². The Kier molecular flexibility index (Phi) is 5.32. The van der Waals surface area contributed by atoms with Gasteiger partial charge in [0.05, 0.1) is 11.9 Å². The standard InChI is InChI=1S/C20H28N4O2S/c1-12(2)18(25)21-9-13-5-4-8-24(10-13)11-16-22-19(26)17-14-6-3-7-15(14)27-20(17)23-16/h12-13H,3-11H2,1-2H3,(H,21,25)(H,22,23,26). The quantitative estimate of drug-likeness (QED) is 0.825. The molecule has 1 aliphatic carbocycles. The smallest absolute Gasteiger partial charge is 0.259 e. The van der Waals surface area contributed by atoms with Gasteiger partial charge in [-0.05, 0) is 50.1 Å². The second-order valence-corrected chi connectivity index (χ2v) is 9.28. The maximum absolute atomic E-state index is 12.6. The van der Waals surface area contributed by atoms with Gasteiger partial charge >= 0.3 is 0 Å². The maximum atomic E-state index is 12.6. The molecule has 4 rings (SSSR count). The average Bonchev–Trinajstić information content (AvgIpc) is 3.20. The van der Waals surface area contributed by atoms with Crippen LogP contribution in [0.15, 0.2) is 4.79 Å². The number of nitrogens with one attached hydrogen (secondary N) is 2. The van der Waals surface area contributed by atoms with Crippen LogP contribution in [0.4, 0.5) is 0 Å². The van der Waals surface area contributed by atoms with Crippen molar-refractivity contribution in [2.24, 2.45) is 11.8 Å². The third-order valence-corrected chi connectivity index (χ3v) is 6.88. The zero-order valence-corrected chi connectivity index (χ0v) is 17.0. The van der Waals surface area contributed by atoms with E-state index < -0.39 is 0 Å². The lowest BCUT2D eigenvalue weighted by Crippen LogP contribution is -2.41. The second kappa shape index (κ2) is 7.72. The van der Waals surface area contributed by atoms with Crippen molar-refractivity contribution in [2.45, 2.75) is 52.5 Å². The van der Waals surface area contributed by atoms with Crippen molar-refractivity contribution in [2.75, 3.05) is 19.6 Å². The fraction of sp³-hybridized carbons (Fsp3) is 0.650. The largest absolute Gasteiger partial charge is 0.356 e. The molecule has 27 heavy (non-hydrogen) atoms. The van der Waals surface area contributed by atoms with E-state index in [0.29, 0.717) is 12.5 Å². The van der Waals surface area contributed by atoms with Crippen LogP contribution < -0.4 is 10.9 Å². The number of hydrogen-bond acceptors (Lipinski definition) is 5. The summed E-state index contributed by atoms with van der Waals surface area (Å²) in [7, 11) is 0. The van der Waals surface area contributed by atoms with E-state index in [9.17, 15) is 9.59 Å². The van der Waals surface area contributed by atoms with Crippen molar-refractivity contribution in [1.82, 2.24) is 20.2 Å². The number of carbonyl (C=O) groups is 1. The highest BCUT2D eigenvalue weighted by molar-refractivity contribution is 7.18. The number of fused-ring (bicyclic) bond motifs is 3. The number of piperidine rings is 1. The first-order valence-corrected chi connectivity index (χ1v) is 10.9. The number of hydrogen-bond donors (Lipinski definition) is 2. The van der Waals surface area contributed by atoms with Crippen molar-refractivity contribution < 1.29 is 4.79 Å². The highest BCUT2D eigenvalue weighted by Gasteiger charge is 2.24. The lowest BCUT2D eigenvalue weighted by atomic mass is 9.97. The van der Waals surface area contributed by atoms with Gasteiger partial charge in [-0.2, -0.15) is 0 Å². The molecule has 0 spiro atoms. The van der Waals surface area contributed by atoms with Crippen molar-refractivity contribution >= 4 is 27.5 Å². The molecule has 1 amide bonds. The molecule has 2 aromatic heterocycles. The number of likely N-dealkylation sites (tertiary alicyclic amines) is 1. The lowest BCUT2D eigenvalue weighted by Gasteiger charge is -2.32. The zero-order valence-electron chi connectivity index (χ0n) is 16.1. The van der Waals surface area contributed by atoms with Gasteiger partial charge in [0.1, 0.15) is 10.7 Å². The van der Waals surface area contributed by atoms with Crippen molar-refractivity contribution in [3.05, 3.63) is 26.6 Å². The number of rotatable bonds is 5. The molecule has 2 aromatic rings. The van der Waals surface area contributed by atoms with Gasteiger partial charge in [0.25, 0.3) is 5.56 Å². The Balaban J connectivity index is 1.43. The Bertz CT molecular complexity index is 901. The molecule has 0 radical (unpaired) electrons. The Hall–Kier alpha value is -1.73. The van der Waals surface area contributed by atoms with Crippen LogP contribution in [0.25, 0.3) is 10.2 Å². The van der Waals surface area contributed by atoms with E-state index in [1.165, 1.54) is 10.4 Å². The number of thiophene rings is 1. The molecule has 1 saturated heterocycles. The molecule has 3 heterocycles. The summed E-state index contributed by atoms with van der Waals surface area (Å²) in [4.78, 5) is 36.8. The highest BCUT2D eigenvalue weighted by Crippen LogP contribution is 2.34. The Morgan fingerprint density at radius 1 is 1.37 bits per heavy atom. The molecular weight excluding hydrogens is 360 g/mol. The number of nitrogens with zero attached hydrogens (tertiary/aromatic N) is 2. The van der Waals surface area contributed by atoms with E-state index in [4.69, 9.17) is 4.98 Å². The number of aromatic nitrogens is 2. The van der Waals surface area contributed by atoms with Crippen LogP contribution in [-0.4, -0.2) is 40.4 Å². The first kappa shape index (κ1) is 18.6. The summed E-state index contributed by atoms with van der Waals surface area (Å²) in [6.45, 7) is 7.18. The summed E-state index contributed by atoms with van der Waals surface area (Å²) in [6.07, 6.45) is 5.49. The third kappa shape index (κ3) is 3.94. The van der Waals surface area contributed by atoms with E-state index in [1.807, 2.05) is 13.8 Å². The van der Waals surface area contributed by atoms with Crippen LogP contribution in [0.2, 0.25) is 0 Å². The van der Waals surface area contributed by atoms with Gasteiger partial charge in [0, 0.05) is 23.9 Å². The van der Waals surface area contributed by atoms with E-state index in [1.54, 1.807) is 11.3 Å². The van der Waals surface area contributed by atoms with Gasteiger partial charge in [-0.3, -0.25) is 14.5 Å². The van der Waals surface area contributed by atoms with E-state index in [-0.39, 0.29) is 17.4 Å². The minimum Gasteiger partial charge on any atom is -0.356 e. The summed E-state index contributed by atoms with van der Waals surface area (Å²) >= 11 is 1.69. The van der Waals surface area contributed by atoms with Gasteiger partial charge in [-0.15, -0.1) is 11.3 Å². The number of aryl methyl sites for hydroxylation is 2. The number of H-pyrrole nitrogens is 1. The van der Waals surface area contributed by atoms with Crippen LogP contribution >= 0.6 is 11.3 Å². The SMILES string of the molecule is CC(C)C(=O)NCC1CCCN(Cc2nc3sc4c(c3c(=O)[nH]2)CCC4)C1. The molecule has 7 heteroatoms. The minimum absolute atomic E-state index is 0.0205. The summed E-state index contributed by atoms with van der Waals surface area (Å²) < 4.78 is 0. The minimum atomic E-state index is 0.0205. The van der Waals surface area contributed by atoms with Crippen LogP contribution in [0.5, 0.6) is 0 Å². The van der Waals surface area contributed by atoms with Crippen LogP contribution in [0.1, 0.15) is 49.4 Å². The zero-order chi connectivity index (χ0) is 19.0. The van der Waals surface area contributed by atoms with Crippen molar-refractivity contribution in [3.63, 3.8) is 0 Å². The Morgan fingerprint density at radius 2 is 2.22 bits per heavy atom. The molecular formula is C20H28N4O2S. The predicted molar refractivity (Wildman–Crippen MR) is 108 cm³/mol. The van der Waals surface area contributed by atoms with Crippen molar-refractivity contribution in [1.29, 1.82) is 0 Å². The fourth-order valence-electron chi connectivity index (χ4n) is 4.24. The molecule has 0 bridgehead atoms. The molecule has 0 aromatic carbocycles. The highest BCUT2D eigenvalue weighted by atomic mass is 32.1. The van der Waals surface area contributed by atoms with Gasteiger partial charge in [-0.25, -0.2) is 4.98 Å². The second-order valence-electron chi connectivity index (χ2n) is 8.19. The van der Waals surface area contributed by atoms with Crippen LogP contribution in [0, 0.1) is 11.8 Å². The first-order chi connectivity index (χ1) is 13.0. The topological polar surface area (TPSA) is 78.1 Å². The van der Waals surface area contributed by atoms with Crippen LogP contribution in [0.3, 0.4) is 0 Å². The summed E-state index contributed by atoms with van der Waals surface area (Å²) in [5.74, 6) is 1.37. The molecule has 1 aliphatic heterocycles.